The van der Waals surface area contributed by atoms with Gasteiger partial charge in [0.1, 0.15) is 5.78 Å². The van der Waals surface area contributed by atoms with Gasteiger partial charge in [-0.1, -0.05) is 86.3 Å². The van der Waals surface area contributed by atoms with Crippen molar-refractivity contribution in [2.75, 3.05) is 38.3 Å². The van der Waals surface area contributed by atoms with E-state index in [4.69, 9.17) is 0 Å². The van der Waals surface area contributed by atoms with Crippen molar-refractivity contribution >= 4 is 63.8 Å². The largest absolute Gasteiger partial charge is 0.359 e. The van der Waals surface area contributed by atoms with Gasteiger partial charge in [-0.3, -0.25) is 19.6 Å². The SMILES string of the molecule is CC(CN1c2ccccc2Sc2ccccc21)N(C)C.CNC(=O)[C@@H](CC(=O)[C@H](CC(C)C)[C@H](CSc1cccs1)C(=O)NO)Cc1ccccc1. The zero-order chi connectivity index (χ0) is 37.6. The molecule has 4 aromatic rings. The fourth-order valence-corrected chi connectivity index (χ4v) is 9.25. The number of amides is 2. The maximum atomic E-state index is 13.5. The maximum absolute atomic E-state index is 13.5. The van der Waals surface area contributed by atoms with Crippen LogP contribution in [-0.2, 0) is 20.8 Å². The van der Waals surface area contributed by atoms with Gasteiger partial charge in [0.25, 0.3) is 0 Å². The standard InChI is InChI=1S/C24H32N2O4S2.C17H20N2S/c1-16(2)12-19(20(24(29)26-30)15-32-22-10-7-11-31-22)21(27)14-18(23(28)25-3)13-17-8-5-4-6-9-17;1-13(18(2)3)12-19-14-8-4-6-10-16(14)20-17-11-7-5-9-15(17)19/h4-11,16,18-20,30H,12-15H2,1-3H3,(H,25,28)(H,26,29);4-11,13H,12H2,1-3H3/t18-,19-,20+;/m1./s1. The van der Waals surface area contributed by atoms with Crippen molar-refractivity contribution in [1.82, 2.24) is 15.7 Å². The van der Waals surface area contributed by atoms with Gasteiger partial charge in [0.15, 0.2) is 0 Å². The first-order valence-electron chi connectivity index (χ1n) is 17.7. The molecule has 8 nitrogen and oxygen atoms in total. The summed E-state index contributed by atoms with van der Waals surface area (Å²) in [5.74, 6) is -2.12. The smallest absolute Gasteiger partial charge is 0.248 e. The second kappa shape index (κ2) is 20.6. The number of carbonyl (C=O) groups is 3. The van der Waals surface area contributed by atoms with Crippen molar-refractivity contribution in [2.24, 2.45) is 23.7 Å². The van der Waals surface area contributed by atoms with Crippen LogP contribution < -0.4 is 15.7 Å². The van der Waals surface area contributed by atoms with Gasteiger partial charge in [0.2, 0.25) is 11.8 Å². The van der Waals surface area contributed by atoms with E-state index in [1.807, 2.05) is 73.5 Å². The van der Waals surface area contributed by atoms with Gasteiger partial charge in [-0.05, 0) is 81.1 Å². The molecular formula is C41H52N4O4S3. The molecule has 2 heterocycles. The van der Waals surface area contributed by atoms with Gasteiger partial charge in [-0.15, -0.1) is 23.1 Å². The van der Waals surface area contributed by atoms with Crippen molar-refractivity contribution in [2.45, 2.75) is 60.1 Å². The van der Waals surface area contributed by atoms with Gasteiger partial charge in [0, 0.05) is 53.4 Å². The zero-order valence-electron chi connectivity index (χ0n) is 31.0. The Balaban J connectivity index is 0.000000257. The van der Waals surface area contributed by atoms with Gasteiger partial charge >= 0.3 is 0 Å². The van der Waals surface area contributed by atoms with Crippen molar-refractivity contribution in [3.05, 3.63) is 102 Å². The van der Waals surface area contributed by atoms with E-state index in [9.17, 15) is 19.6 Å². The lowest BCUT2D eigenvalue weighted by Crippen LogP contribution is -2.40. The van der Waals surface area contributed by atoms with E-state index >= 15 is 0 Å². The minimum atomic E-state index is -0.691. The molecule has 1 aliphatic heterocycles. The average Bonchev–Trinajstić information content (AvgIpc) is 3.67. The molecule has 1 aromatic heterocycles. The van der Waals surface area contributed by atoms with Crippen LogP contribution in [0.3, 0.4) is 0 Å². The zero-order valence-corrected chi connectivity index (χ0v) is 33.4. The summed E-state index contributed by atoms with van der Waals surface area (Å²) < 4.78 is 1.05. The molecule has 4 atom stereocenters. The molecule has 5 rings (SSSR count). The van der Waals surface area contributed by atoms with Crippen molar-refractivity contribution in [3.63, 3.8) is 0 Å². The van der Waals surface area contributed by atoms with Crippen LogP contribution in [-0.4, -0.2) is 67.2 Å². The van der Waals surface area contributed by atoms with E-state index in [1.165, 1.54) is 32.9 Å². The number of ketones is 1. The highest BCUT2D eigenvalue weighted by molar-refractivity contribution is 8.01. The van der Waals surface area contributed by atoms with Crippen molar-refractivity contribution < 1.29 is 19.6 Å². The molecular weight excluding hydrogens is 709 g/mol. The third kappa shape index (κ3) is 11.7. The number of rotatable bonds is 16. The second-order valence-corrected chi connectivity index (χ2v) is 17.0. The van der Waals surface area contributed by atoms with E-state index in [1.54, 1.807) is 23.9 Å². The average molecular weight is 761 g/mol. The van der Waals surface area contributed by atoms with E-state index in [0.29, 0.717) is 24.6 Å². The Bertz CT molecular complexity index is 1670. The quantitative estimate of drug-likeness (QED) is 0.0595. The number of Topliss-reactive ketones (excluding diaryl/α,β-unsaturated/α-hetero) is 1. The normalized spacial score (nSPS) is 14.3. The first-order chi connectivity index (χ1) is 25.0. The van der Waals surface area contributed by atoms with Gasteiger partial charge in [-0.25, -0.2) is 5.48 Å². The molecule has 11 heteroatoms. The predicted molar refractivity (Wildman–Crippen MR) is 216 cm³/mol. The number of nitrogens with zero attached hydrogens (tertiary/aromatic N) is 2. The van der Waals surface area contributed by atoms with Crippen LogP contribution in [0.1, 0.15) is 39.2 Å². The third-order valence-corrected chi connectivity index (χ3v) is 12.6. The molecule has 0 aliphatic carbocycles. The van der Waals surface area contributed by atoms with E-state index < -0.39 is 23.7 Å². The fraction of sp³-hybridized carbons (Fsp3) is 0.390. The monoisotopic (exact) mass is 760 g/mol. The van der Waals surface area contributed by atoms with Crippen LogP contribution in [0.5, 0.6) is 0 Å². The minimum absolute atomic E-state index is 0.0465. The molecule has 2 amide bonds. The molecule has 52 heavy (non-hydrogen) atoms. The number of nitrogens with one attached hydrogen (secondary N) is 2. The molecule has 0 saturated heterocycles. The number of hydrogen-bond acceptors (Lipinski definition) is 9. The van der Waals surface area contributed by atoms with Crippen LogP contribution in [0.25, 0.3) is 0 Å². The molecule has 3 aromatic carbocycles. The molecule has 1 aliphatic rings. The Kier molecular flexibility index (Phi) is 16.3. The molecule has 3 N–H and O–H groups in total. The van der Waals surface area contributed by atoms with Crippen LogP contribution >= 0.6 is 34.9 Å². The first kappa shape index (κ1) is 41.2. The van der Waals surface area contributed by atoms with Crippen LogP contribution in [0, 0.1) is 23.7 Å². The highest BCUT2D eigenvalue weighted by Crippen LogP contribution is 2.47. The number of thiophene rings is 1. The lowest BCUT2D eigenvalue weighted by molar-refractivity contribution is -0.140. The predicted octanol–water partition coefficient (Wildman–Crippen LogP) is 8.43. The Morgan fingerprint density at radius 3 is 1.98 bits per heavy atom. The molecule has 0 bridgehead atoms. The summed E-state index contributed by atoms with van der Waals surface area (Å²) in [5.41, 5.74) is 5.38. The number of fused-ring (bicyclic) bond motifs is 2. The molecule has 0 saturated carbocycles. The van der Waals surface area contributed by atoms with Crippen molar-refractivity contribution in [3.8, 4) is 0 Å². The Morgan fingerprint density at radius 2 is 1.44 bits per heavy atom. The lowest BCUT2D eigenvalue weighted by atomic mass is 9.79. The number of thioether (sulfide) groups is 1. The van der Waals surface area contributed by atoms with Gasteiger partial charge in [0.05, 0.1) is 21.5 Å². The van der Waals surface area contributed by atoms with E-state index in [-0.39, 0.29) is 24.0 Å². The highest BCUT2D eigenvalue weighted by atomic mass is 32.2. The van der Waals surface area contributed by atoms with Crippen molar-refractivity contribution in [1.29, 1.82) is 0 Å². The summed E-state index contributed by atoms with van der Waals surface area (Å²) in [6.45, 7) is 7.27. The summed E-state index contributed by atoms with van der Waals surface area (Å²) in [7, 11) is 5.85. The van der Waals surface area contributed by atoms with E-state index in [2.05, 4.69) is 84.7 Å². The lowest BCUT2D eigenvalue weighted by Gasteiger charge is -2.36. The number of likely N-dealkylation sites (N-methyl/N-ethyl adjacent to an activating group) is 1. The minimum Gasteiger partial charge on any atom is -0.359 e. The summed E-state index contributed by atoms with van der Waals surface area (Å²) in [4.78, 5) is 46.0. The molecule has 0 fully saturated rings. The summed E-state index contributed by atoms with van der Waals surface area (Å²) in [5, 5.41) is 14.0. The number of anilines is 2. The summed E-state index contributed by atoms with van der Waals surface area (Å²) >= 11 is 4.93. The highest BCUT2D eigenvalue weighted by Gasteiger charge is 2.36. The van der Waals surface area contributed by atoms with Crippen LogP contribution in [0.2, 0.25) is 0 Å². The second-order valence-electron chi connectivity index (χ2n) is 13.7. The molecule has 0 spiro atoms. The van der Waals surface area contributed by atoms with Gasteiger partial charge in [-0.2, -0.15) is 0 Å². The summed E-state index contributed by atoms with van der Waals surface area (Å²) in [6, 6.07) is 31.3. The number of carbonyl (C=O) groups excluding carboxylic acids is 3. The van der Waals surface area contributed by atoms with Crippen LogP contribution in [0.4, 0.5) is 11.4 Å². The Labute approximate surface area is 321 Å². The molecule has 278 valence electrons. The third-order valence-electron chi connectivity index (χ3n) is 9.22. The van der Waals surface area contributed by atoms with E-state index in [0.717, 1.165) is 16.3 Å². The Hall–Kier alpha value is -3.61. The van der Waals surface area contributed by atoms with Gasteiger partial charge < -0.3 is 15.1 Å². The van der Waals surface area contributed by atoms with Crippen LogP contribution in [0.15, 0.2) is 110 Å². The topological polar surface area (TPSA) is 102 Å². The number of para-hydroxylation sites is 2. The molecule has 1 unspecified atom stereocenters. The fourth-order valence-electron chi connectivity index (χ4n) is 6.16. The maximum Gasteiger partial charge on any atom is 0.248 e. The first-order valence-corrected chi connectivity index (χ1v) is 20.4. The number of benzene rings is 3. The number of hydroxylamine groups is 1. The summed E-state index contributed by atoms with van der Waals surface area (Å²) in [6.07, 6.45) is 1.00. The number of hydrogen-bond donors (Lipinski definition) is 3. The molecule has 0 radical (unpaired) electrons. The Morgan fingerprint density at radius 1 is 0.827 bits per heavy atom.